The molecule has 0 atom stereocenters. The summed E-state index contributed by atoms with van der Waals surface area (Å²) in [5.41, 5.74) is -0.130. The van der Waals surface area contributed by atoms with E-state index in [9.17, 15) is 9.59 Å². The maximum absolute atomic E-state index is 12.4. The Labute approximate surface area is 158 Å². The maximum atomic E-state index is 12.4. The predicted molar refractivity (Wildman–Crippen MR) is 97.8 cm³/mol. The molecule has 136 valence electrons. The van der Waals surface area contributed by atoms with Crippen LogP contribution in [0.2, 0.25) is 0 Å². The number of hydrogen-bond acceptors (Lipinski definition) is 8. The summed E-state index contributed by atoms with van der Waals surface area (Å²) in [4.78, 5) is 29.0. The van der Waals surface area contributed by atoms with Crippen molar-refractivity contribution in [3.8, 4) is 0 Å². The van der Waals surface area contributed by atoms with E-state index in [2.05, 4.69) is 30.6 Å². The molecule has 10 heteroatoms. The van der Waals surface area contributed by atoms with E-state index in [1.165, 1.54) is 13.2 Å². The first-order valence-corrected chi connectivity index (χ1v) is 8.57. The SMILES string of the molecule is [2H]C([2H])([2H])NC(=O)c1nnc(NC(=O)OC)cc1Nc1ncccc1SC1CC1. The van der Waals surface area contributed by atoms with Gasteiger partial charge >= 0.3 is 6.09 Å². The number of amides is 2. The highest BCUT2D eigenvalue weighted by molar-refractivity contribution is 8.00. The Balaban J connectivity index is 1.94. The molecule has 2 aromatic heterocycles. The van der Waals surface area contributed by atoms with Crippen LogP contribution in [-0.2, 0) is 4.74 Å². The van der Waals surface area contributed by atoms with Gasteiger partial charge in [-0.1, -0.05) is 0 Å². The molecular formula is C16H18N6O3S. The van der Waals surface area contributed by atoms with Crippen molar-refractivity contribution in [2.24, 2.45) is 0 Å². The monoisotopic (exact) mass is 377 g/mol. The number of hydrogen-bond donors (Lipinski definition) is 3. The van der Waals surface area contributed by atoms with Gasteiger partial charge in [0, 0.05) is 28.6 Å². The molecule has 0 aliphatic heterocycles. The lowest BCUT2D eigenvalue weighted by Crippen LogP contribution is -2.22. The van der Waals surface area contributed by atoms with Gasteiger partial charge in [-0.05, 0) is 25.0 Å². The molecule has 1 saturated carbocycles. The predicted octanol–water partition coefficient (Wildman–Crippen LogP) is 2.41. The van der Waals surface area contributed by atoms with E-state index in [0.29, 0.717) is 11.1 Å². The Morgan fingerprint density at radius 1 is 1.38 bits per heavy atom. The Kier molecular flexibility index (Phi) is 4.40. The zero-order valence-corrected chi connectivity index (χ0v) is 14.6. The Morgan fingerprint density at radius 2 is 2.23 bits per heavy atom. The van der Waals surface area contributed by atoms with Crippen LogP contribution in [0.1, 0.15) is 27.4 Å². The number of carbonyl (C=O) groups excluding carboxylic acids is 2. The lowest BCUT2D eigenvalue weighted by atomic mass is 10.3. The van der Waals surface area contributed by atoms with Gasteiger partial charge in [0.15, 0.2) is 11.5 Å². The minimum Gasteiger partial charge on any atom is -0.453 e. The van der Waals surface area contributed by atoms with E-state index >= 15 is 0 Å². The molecule has 0 aromatic carbocycles. The molecule has 0 bridgehead atoms. The molecule has 0 unspecified atom stereocenters. The van der Waals surface area contributed by atoms with Crippen LogP contribution >= 0.6 is 11.8 Å². The standard InChI is InChI=1S/C16H18N6O3S/c1-17-15(23)13-10(8-12(21-22-13)20-16(24)25-2)19-14-11(4-3-7-18-14)26-9-5-6-9/h3-4,7-9H,5-6H2,1-2H3,(H,17,23)(H2,18,19,20,21,24)/i1D3. The zero-order valence-electron chi connectivity index (χ0n) is 16.8. The third kappa shape index (κ3) is 4.39. The van der Waals surface area contributed by atoms with Gasteiger partial charge < -0.3 is 15.4 Å². The summed E-state index contributed by atoms with van der Waals surface area (Å²) in [7, 11) is 1.19. The lowest BCUT2D eigenvalue weighted by Gasteiger charge is -2.13. The smallest absolute Gasteiger partial charge is 0.412 e. The average Bonchev–Trinajstić information content (AvgIpc) is 3.46. The van der Waals surface area contributed by atoms with Crippen molar-refractivity contribution in [1.82, 2.24) is 20.5 Å². The van der Waals surface area contributed by atoms with Crippen molar-refractivity contribution in [2.45, 2.75) is 23.0 Å². The Hall–Kier alpha value is -2.88. The van der Waals surface area contributed by atoms with Crippen LogP contribution in [0, 0.1) is 0 Å². The number of carbonyl (C=O) groups is 2. The van der Waals surface area contributed by atoms with E-state index in [4.69, 9.17) is 4.11 Å². The number of ether oxygens (including phenoxy) is 1. The second-order valence-electron chi connectivity index (χ2n) is 5.35. The first kappa shape index (κ1) is 14.3. The molecular weight excluding hydrogens is 356 g/mol. The molecule has 9 nitrogen and oxygen atoms in total. The van der Waals surface area contributed by atoms with Gasteiger partial charge in [0.1, 0.15) is 5.82 Å². The van der Waals surface area contributed by atoms with E-state index in [1.807, 2.05) is 11.4 Å². The van der Waals surface area contributed by atoms with Crippen molar-refractivity contribution in [2.75, 3.05) is 24.7 Å². The van der Waals surface area contributed by atoms with Crippen LogP contribution in [0.5, 0.6) is 0 Å². The molecule has 0 radical (unpaired) electrons. The molecule has 3 rings (SSSR count). The van der Waals surface area contributed by atoms with Crippen LogP contribution in [0.15, 0.2) is 29.3 Å². The number of methoxy groups -OCH3 is 1. The van der Waals surface area contributed by atoms with Crippen molar-refractivity contribution in [1.29, 1.82) is 0 Å². The van der Waals surface area contributed by atoms with E-state index in [-0.39, 0.29) is 17.2 Å². The number of nitrogens with zero attached hydrogens (tertiary/aromatic N) is 3. The first-order chi connectivity index (χ1) is 13.7. The number of anilines is 3. The summed E-state index contributed by atoms with van der Waals surface area (Å²) in [6.45, 7) is -2.70. The molecule has 1 fully saturated rings. The van der Waals surface area contributed by atoms with Crippen LogP contribution in [0.3, 0.4) is 0 Å². The summed E-state index contributed by atoms with van der Waals surface area (Å²) in [6.07, 6.45) is 3.06. The highest BCUT2D eigenvalue weighted by atomic mass is 32.2. The van der Waals surface area contributed by atoms with Gasteiger partial charge in [0.2, 0.25) is 0 Å². The van der Waals surface area contributed by atoms with Gasteiger partial charge in [-0.25, -0.2) is 9.78 Å². The van der Waals surface area contributed by atoms with Crippen molar-refractivity contribution in [3.05, 3.63) is 30.1 Å². The molecule has 3 N–H and O–H groups in total. The van der Waals surface area contributed by atoms with Gasteiger partial charge in [-0.15, -0.1) is 22.0 Å². The topological polar surface area (TPSA) is 118 Å². The summed E-state index contributed by atoms with van der Waals surface area (Å²) in [5, 5.41) is 15.2. The fourth-order valence-corrected chi connectivity index (χ4v) is 3.11. The lowest BCUT2D eigenvalue weighted by molar-refractivity contribution is 0.0958. The van der Waals surface area contributed by atoms with E-state index in [1.54, 1.807) is 24.0 Å². The van der Waals surface area contributed by atoms with Crippen molar-refractivity contribution < 1.29 is 18.4 Å². The van der Waals surface area contributed by atoms with Gasteiger partial charge in [0.25, 0.3) is 5.91 Å². The molecule has 1 aliphatic carbocycles. The third-order valence-electron chi connectivity index (χ3n) is 3.38. The Bertz CT molecular complexity index is 923. The number of rotatable bonds is 6. The molecule has 0 spiro atoms. The maximum Gasteiger partial charge on any atom is 0.412 e. The summed E-state index contributed by atoms with van der Waals surface area (Å²) in [5.74, 6) is -0.460. The van der Waals surface area contributed by atoms with E-state index in [0.717, 1.165) is 17.7 Å². The quantitative estimate of drug-likeness (QED) is 0.702. The second kappa shape index (κ2) is 8.00. The highest BCUT2D eigenvalue weighted by Gasteiger charge is 2.24. The third-order valence-corrected chi connectivity index (χ3v) is 4.77. The minimum absolute atomic E-state index is 0.0112. The molecule has 2 amide bonds. The van der Waals surface area contributed by atoms with Gasteiger partial charge in [0.05, 0.1) is 17.7 Å². The fraction of sp³-hybridized carbons (Fsp3) is 0.312. The first-order valence-electron chi connectivity index (χ1n) is 9.19. The van der Waals surface area contributed by atoms with Crippen LogP contribution < -0.4 is 16.0 Å². The van der Waals surface area contributed by atoms with Crippen molar-refractivity contribution in [3.63, 3.8) is 0 Å². The van der Waals surface area contributed by atoms with E-state index < -0.39 is 19.0 Å². The second-order valence-corrected chi connectivity index (χ2v) is 6.70. The zero-order chi connectivity index (χ0) is 21.0. The summed E-state index contributed by atoms with van der Waals surface area (Å²) >= 11 is 1.66. The summed E-state index contributed by atoms with van der Waals surface area (Å²) < 4.78 is 26.2. The highest BCUT2D eigenvalue weighted by Crippen LogP contribution is 2.41. The average molecular weight is 377 g/mol. The number of thioether (sulfide) groups is 1. The molecule has 0 saturated heterocycles. The van der Waals surface area contributed by atoms with Crippen molar-refractivity contribution >= 4 is 41.1 Å². The molecule has 2 aromatic rings. The van der Waals surface area contributed by atoms with Crippen LogP contribution in [0.4, 0.5) is 22.1 Å². The Morgan fingerprint density at radius 3 is 2.96 bits per heavy atom. The largest absolute Gasteiger partial charge is 0.453 e. The molecule has 1 aliphatic rings. The normalized spacial score (nSPS) is 15.2. The minimum atomic E-state index is -2.70. The number of aromatic nitrogens is 3. The van der Waals surface area contributed by atoms with Gasteiger partial charge in [-0.2, -0.15) is 0 Å². The van der Waals surface area contributed by atoms with Crippen LogP contribution in [-0.4, -0.2) is 46.5 Å². The number of pyridine rings is 1. The summed E-state index contributed by atoms with van der Waals surface area (Å²) in [6, 6.07) is 5.04. The molecule has 2 heterocycles. The molecule has 26 heavy (non-hydrogen) atoms. The van der Waals surface area contributed by atoms with Crippen LogP contribution in [0.25, 0.3) is 0 Å². The van der Waals surface area contributed by atoms with Gasteiger partial charge in [-0.3, -0.25) is 10.1 Å². The number of nitrogens with one attached hydrogen (secondary N) is 3. The fourth-order valence-electron chi connectivity index (χ4n) is 2.00.